The number of fused-ring (bicyclic) bond motifs is 1. The van der Waals surface area contributed by atoms with E-state index in [1.807, 2.05) is 24.3 Å². The van der Waals surface area contributed by atoms with Crippen LogP contribution in [0.5, 0.6) is 0 Å². The molecule has 1 N–H and O–H groups in total. The lowest BCUT2D eigenvalue weighted by atomic mass is 9.91. The zero-order valence-electron chi connectivity index (χ0n) is 14.5. The van der Waals surface area contributed by atoms with Crippen molar-refractivity contribution in [3.8, 4) is 0 Å². The fourth-order valence-electron chi connectivity index (χ4n) is 3.85. The van der Waals surface area contributed by atoms with Crippen molar-refractivity contribution in [1.82, 2.24) is 19.5 Å². The highest BCUT2D eigenvalue weighted by molar-refractivity contribution is 5.76. The van der Waals surface area contributed by atoms with Crippen LogP contribution < -0.4 is 11.0 Å². The largest absolute Gasteiger partial charge is 0.350 e. The minimum absolute atomic E-state index is 0.0149. The van der Waals surface area contributed by atoms with Gasteiger partial charge in [-0.25, -0.2) is 9.48 Å². The maximum absolute atomic E-state index is 12.7. The maximum atomic E-state index is 12.7. The molecule has 0 bridgehead atoms. The van der Waals surface area contributed by atoms with Crippen molar-refractivity contribution in [3.05, 3.63) is 70.8 Å². The van der Waals surface area contributed by atoms with Gasteiger partial charge in [-0.15, -0.1) is 5.10 Å². The van der Waals surface area contributed by atoms with Gasteiger partial charge in [-0.2, -0.15) is 0 Å². The van der Waals surface area contributed by atoms with Crippen LogP contribution in [0.1, 0.15) is 37.3 Å². The molecule has 1 aliphatic rings. The van der Waals surface area contributed by atoms with Crippen LogP contribution in [0.25, 0.3) is 5.65 Å². The van der Waals surface area contributed by atoms with Crippen LogP contribution in [0.4, 0.5) is 0 Å². The van der Waals surface area contributed by atoms with E-state index in [0.717, 1.165) is 18.4 Å². The smallest absolute Gasteiger partial charge is 0.347 e. The van der Waals surface area contributed by atoms with Crippen LogP contribution in [-0.2, 0) is 11.3 Å². The summed E-state index contributed by atoms with van der Waals surface area (Å²) in [7, 11) is 0. The molecule has 4 rings (SSSR count). The molecule has 1 saturated carbocycles. The molecule has 1 unspecified atom stereocenters. The Bertz CT molecular complexity index is 955. The Hall–Kier alpha value is -2.89. The molecule has 0 radical (unpaired) electrons. The summed E-state index contributed by atoms with van der Waals surface area (Å²) in [5.41, 5.74) is 1.36. The first-order chi connectivity index (χ1) is 12.7. The average Bonchev–Trinajstić information content (AvgIpc) is 3.30. The fourth-order valence-corrected chi connectivity index (χ4v) is 3.85. The van der Waals surface area contributed by atoms with Crippen molar-refractivity contribution in [1.29, 1.82) is 0 Å². The van der Waals surface area contributed by atoms with E-state index in [0.29, 0.717) is 11.6 Å². The van der Waals surface area contributed by atoms with Gasteiger partial charge in [0.25, 0.3) is 0 Å². The van der Waals surface area contributed by atoms with E-state index in [-0.39, 0.29) is 24.2 Å². The predicted molar refractivity (Wildman–Crippen MR) is 98.7 cm³/mol. The third kappa shape index (κ3) is 3.27. The second-order valence-electron chi connectivity index (χ2n) is 6.87. The van der Waals surface area contributed by atoms with Gasteiger partial charge in [-0.3, -0.25) is 9.20 Å². The first-order valence-corrected chi connectivity index (χ1v) is 9.11. The van der Waals surface area contributed by atoms with Crippen LogP contribution in [0, 0.1) is 5.92 Å². The molecule has 1 amide bonds. The summed E-state index contributed by atoms with van der Waals surface area (Å²) < 4.78 is 2.67. The van der Waals surface area contributed by atoms with E-state index in [4.69, 9.17) is 0 Å². The topological polar surface area (TPSA) is 68.4 Å². The molecule has 3 aromatic rings. The lowest BCUT2D eigenvalue weighted by molar-refractivity contribution is -0.123. The SMILES string of the molecule is O=C(Cn1nc2ccccn2c1=O)NC(c1ccccc1)C1CCCC1. The van der Waals surface area contributed by atoms with Gasteiger partial charge < -0.3 is 5.32 Å². The number of aromatic nitrogens is 3. The standard InChI is InChI=1S/C20H22N4O2/c25-18(14-24-20(26)23-13-7-6-12-17(23)22-24)21-19(16-10-4-5-11-16)15-8-2-1-3-9-15/h1-3,6-9,12-13,16,19H,4-5,10-11,14H2,(H,21,25). The zero-order valence-corrected chi connectivity index (χ0v) is 14.5. The third-order valence-corrected chi connectivity index (χ3v) is 5.13. The lowest BCUT2D eigenvalue weighted by Crippen LogP contribution is -2.37. The Balaban J connectivity index is 1.54. The number of nitrogens with zero attached hydrogens (tertiary/aromatic N) is 3. The Morgan fingerprint density at radius 1 is 1.12 bits per heavy atom. The van der Waals surface area contributed by atoms with E-state index in [1.165, 1.54) is 21.9 Å². The van der Waals surface area contributed by atoms with Crippen molar-refractivity contribution in [2.45, 2.75) is 38.3 Å². The van der Waals surface area contributed by atoms with Gasteiger partial charge in [0.1, 0.15) is 6.54 Å². The highest BCUT2D eigenvalue weighted by atomic mass is 16.2. The van der Waals surface area contributed by atoms with Crippen molar-refractivity contribution < 1.29 is 4.79 Å². The second-order valence-corrected chi connectivity index (χ2v) is 6.87. The summed E-state index contributed by atoms with van der Waals surface area (Å²) in [6.45, 7) is -0.0729. The van der Waals surface area contributed by atoms with E-state index >= 15 is 0 Å². The number of benzene rings is 1. The quantitative estimate of drug-likeness (QED) is 0.769. The number of hydrogen-bond acceptors (Lipinski definition) is 3. The molecule has 0 saturated heterocycles. The summed E-state index contributed by atoms with van der Waals surface area (Å²) >= 11 is 0. The number of amides is 1. The van der Waals surface area contributed by atoms with Crippen LogP contribution >= 0.6 is 0 Å². The highest BCUT2D eigenvalue weighted by Gasteiger charge is 2.27. The Morgan fingerprint density at radius 3 is 2.58 bits per heavy atom. The summed E-state index contributed by atoms with van der Waals surface area (Å²) in [4.78, 5) is 25.0. The minimum atomic E-state index is -0.298. The number of rotatable bonds is 5. The molecule has 26 heavy (non-hydrogen) atoms. The molecule has 2 aromatic heterocycles. The van der Waals surface area contributed by atoms with E-state index in [2.05, 4.69) is 22.5 Å². The fraction of sp³-hybridized carbons (Fsp3) is 0.350. The second kappa shape index (κ2) is 7.15. The van der Waals surface area contributed by atoms with Crippen LogP contribution in [0.2, 0.25) is 0 Å². The van der Waals surface area contributed by atoms with E-state index < -0.39 is 0 Å². The summed E-state index contributed by atoms with van der Waals surface area (Å²) in [5.74, 6) is 0.260. The molecule has 1 aromatic carbocycles. The minimum Gasteiger partial charge on any atom is -0.347 e. The van der Waals surface area contributed by atoms with Gasteiger partial charge in [0, 0.05) is 6.20 Å². The monoisotopic (exact) mass is 350 g/mol. The molecule has 1 atom stereocenters. The molecule has 1 aliphatic carbocycles. The first-order valence-electron chi connectivity index (χ1n) is 9.11. The number of carbonyl (C=O) groups excluding carboxylic acids is 1. The Kier molecular flexibility index (Phi) is 4.56. The molecule has 134 valence electrons. The lowest BCUT2D eigenvalue weighted by Gasteiger charge is -2.25. The molecule has 2 heterocycles. The molecule has 6 heteroatoms. The van der Waals surface area contributed by atoms with Crippen LogP contribution in [-0.4, -0.2) is 20.1 Å². The van der Waals surface area contributed by atoms with Gasteiger partial charge in [0.05, 0.1) is 6.04 Å². The average molecular weight is 350 g/mol. The molecular weight excluding hydrogens is 328 g/mol. The van der Waals surface area contributed by atoms with Gasteiger partial charge >= 0.3 is 5.69 Å². The number of nitrogens with one attached hydrogen (secondary N) is 1. The summed E-state index contributed by atoms with van der Waals surface area (Å²) in [6.07, 6.45) is 6.30. The van der Waals surface area contributed by atoms with Crippen molar-refractivity contribution in [3.63, 3.8) is 0 Å². The van der Waals surface area contributed by atoms with E-state index in [9.17, 15) is 9.59 Å². The summed E-state index contributed by atoms with van der Waals surface area (Å²) in [5, 5.41) is 7.38. The third-order valence-electron chi connectivity index (χ3n) is 5.13. The molecule has 0 aliphatic heterocycles. The van der Waals surface area contributed by atoms with Crippen molar-refractivity contribution >= 4 is 11.6 Å². The normalized spacial score (nSPS) is 16.0. The predicted octanol–water partition coefficient (Wildman–Crippen LogP) is 2.54. The van der Waals surface area contributed by atoms with Gasteiger partial charge in [-0.1, -0.05) is 49.2 Å². The molecule has 1 fully saturated rings. The van der Waals surface area contributed by atoms with Gasteiger partial charge in [0.2, 0.25) is 5.91 Å². The van der Waals surface area contributed by atoms with Gasteiger partial charge in [-0.05, 0) is 36.5 Å². The number of pyridine rings is 1. The number of carbonyl (C=O) groups is 1. The first kappa shape index (κ1) is 16.6. The highest BCUT2D eigenvalue weighted by Crippen LogP contribution is 2.35. The van der Waals surface area contributed by atoms with Crippen LogP contribution in [0.3, 0.4) is 0 Å². The Morgan fingerprint density at radius 2 is 1.85 bits per heavy atom. The molecule has 0 spiro atoms. The van der Waals surface area contributed by atoms with Crippen molar-refractivity contribution in [2.75, 3.05) is 0 Å². The molecule has 6 nitrogen and oxygen atoms in total. The Labute approximate surface area is 151 Å². The van der Waals surface area contributed by atoms with Gasteiger partial charge in [0.15, 0.2) is 5.65 Å². The summed E-state index contributed by atoms with van der Waals surface area (Å²) in [6, 6.07) is 15.4. The van der Waals surface area contributed by atoms with Crippen molar-refractivity contribution in [2.24, 2.45) is 5.92 Å². The van der Waals surface area contributed by atoms with Crippen LogP contribution in [0.15, 0.2) is 59.5 Å². The maximum Gasteiger partial charge on any atom is 0.350 e. The van der Waals surface area contributed by atoms with E-state index in [1.54, 1.807) is 18.3 Å². The number of hydrogen-bond donors (Lipinski definition) is 1. The zero-order chi connectivity index (χ0) is 17.9. The molecular formula is C20H22N4O2.